The molecule has 0 heterocycles. The molecule has 5 heteroatoms. The maximum atomic E-state index is 14.1. The highest BCUT2D eigenvalue weighted by molar-refractivity contribution is 7.49. The Kier molecular flexibility index (Phi) is 6.08. The van der Waals surface area contributed by atoms with Gasteiger partial charge in [-0.05, 0) is 52.5 Å². The first-order valence-corrected chi connectivity index (χ1v) is 8.74. The molecule has 0 aromatic heterocycles. The highest BCUT2D eigenvalue weighted by Gasteiger charge is 2.41. The summed E-state index contributed by atoms with van der Waals surface area (Å²) in [4.78, 5) is 0. The first kappa shape index (κ1) is 16.4. The number of halogens is 1. The molecule has 2 nitrogen and oxygen atoms in total. The van der Waals surface area contributed by atoms with E-state index in [0.29, 0.717) is 18.0 Å². The summed E-state index contributed by atoms with van der Waals surface area (Å²) in [6, 6.07) is 0.876. The minimum Gasteiger partial charge on any atom is -0.337 e. The smallest absolute Gasteiger partial charge is 0.123 e. The molecule has 0 saturated heterocycles. The van der Waals surface area contributed by atoms with Crippen molar-refractivity contribution in [3.05, 3.63) is 0 Å². The molecule has 1 saturated carbocycles. The van der Waals surface area contributed by atoms with Gasteiger partial charge in [0.05, 0.1) is 6.10 Å². The van der Waals surface area contributed by atoms with Crippen LogP contribution in [0.2, 0.25) is 5.82 Å². The first-order valence-electron chi connectivity index (χ1n) is 7.08. The van der Waals surface area contributed by atoms with Crippen LogP contribution in [-0.2, 0) is 4.52 Å². The molecular formula is C13H28BFNOP. The number of hydrogen-bond acceptors (Lipinski definition) is 2. The Bertz CT molecular complexity index is 259. The van der Waals surface area contributed by atoms with Crippen LogP contribution in [0, 0.1) is 5.92 Å². The molecule has 106 valence electrons. The Morgan fingerprint density at radius 3 is 2.11 bits per heavy atom. The van der Waals surface area contributed by atoms with E-state index < -0.39 is 14.5 Å². The molecule has 0 radical (unpaired) electrons. The van der Waals surface area contributed by atoms with Crippen molar-refractivity contribution in [3.8, 4) is 0 Å². The van der Waals surface area contributed by atoms with Gasteiger partial charge in [0, 0.05) is 12.1 Å². The summed E-state index contributed by atoms with van der Waals surface area (Å²) in [7, 11) is 1.28. The minimum absolute atomic E-state index is 0.139. The third-order valence-corrected chi connectivity index (χ3v) is 5.94. The van der Waals surface area contributed by atoms with Crippen molar-refractivity contribution in [1.82, 2.24) is 4.67 Å². The molecule has 0 aliphatic heterocycles. The van der Waals surface area contributed by atoms with E-state index in [9.17, 15) is 4.39 Å². The summed E-state index contributed by atoms with van der Waals surface area (Å²) in [5, 5.41) is 0. The van der Waals surface area contributed by atoms with Crippen LogP contribution in [0.25, 0.3) is 0 Å². The fraction of sp³-hybridized carbons (Fsp3) is 1.00. The maximum absolute atomic E-state index is 14.1. The lowest BCUT2D eigenvalue weighted by atomic mass is 9.84. The predicted molar refractivity (Wildman–Crippen MR) is 80.8 cm³/mol. The quantitative estimate of drug-likeness (QED) is 0.564. The van der Waals surface area contributed by atoms with E-state index in [0.717, 1.165) is 6.42 Å². The molecule has 0 aromatic carbocycles. The van der Waals surface area contributed by atoms with Gasteiger partial charge < -0.3 is 4.52 Å². The second kappa shape index (κ2) is 6.68. The summed E-state index contributed by atoms with van der Waals surface area (Å²) in [5.74, 6) is 0.473. The Morgan fingerprint density at radius 2 is 1.78 bits per heavy atom. The number of rotatable bonds is 5. The molecular weight excluding hydrogens is 247 g/mol. The lowest BCUT2D eigenvalue weighted by Gasteiger charge is -2.37. The summed E-state index contributed by atoms with van der Waals surface area (Å²) in [6.45, 7) is 12.9. The summed E-state index contributed by atoms with van der Waals surface area (Å²) < 4.78 is 22.6. The SMILES string of the molecule is B[C@@H]1C[C@H](C)[C@@H](OP(C)N(C(C)C)C(C)C)[C@@H]1F. The summed E-state index contributed by atoms with van der Waals surface area (Å²) >= 11 is 0. The zero-order valence-corrected chi connectivity index (χ0v) is 13.7. The van der Waals surface area contributed by atoms with E-state index in [4.69, 9.17) is 4.52 Å². The van der Waals surface area contributed by atoms with E-state index in [1.165, 1.54) is 0 Å². The van der Waals surface area contributed by atoms with Crippen LogP contribution in [0.3, 0.4) is 0 Å². The van der Waals surface area contributed by atoms with Crippen LogP contribution in [0.4, 0.5) is 4.39 Å². The third-order valence-electron chi connectivity index (χ3n) is 3.82. The van der Waals surface area contributed by atoms with Crippen LogP contribution in [0.5, 0.6) is 0 Å². The van der Waals surface area contributed by atoms with E-state index in [1.807, 2.05) is 7.85 Å². The highest BCUT2D eigenvalue weighted by Crippen LogP contribution is 2.48. The molecule has 1 unspecified atom stereocenters. The largest absolute Gasteiger partial charge is 0.337 e. The van der Waals surface area contributed by atoms with Gasteiger partial charge in [0.25, 0.3) is 0 Å². The zero-order valence-electron chi connectivity index (χ0n) is 12.9. The molecule has 1 aliphatic carbocycles. The molecule has 0 N–H and O–H groups in total. The van der Waals surface area contributed by atoms with E-state index >= 15 is 0 Å². The first-order chi connectivity index (χ1) is 8.25. The molecule has 0 aromatic rings. The number of nitrogens with zero attached hydrogens (tertiary/aromatic N) is 1. The minimum atomic E-state index is -0.800. The number of hydrogen-bond donors (Lipinski definition) is 0. The lowest BCUT2D eigenvalue weighted by molar-refractivity contribution is 0.0974. The van der Waals surface area contributed by atoms with Crippen molar-refractivity contribution in [3.63, 3.8) is 0 Å². The zero-order chi connectivity index (χ0) is 14.0. The van der Waals surface area contributed by atoms with Gasteiger partial charge in [-0.3, -0.25) is 4.67 Å². The lowest BCUT2D eigenvalue weighted by Crippen LogP contribution is -2.35. The van der Waals surface area contributed by atoms with Gasteiger partial charge in [-0.25, -0.2) is 4.39 Å². The summed E-state index contributed by atoms with van der Waals surface area (Å²) in [6.07, 6.45) is -0.0690. The van der Waals surface area contributed by atoms with E-state index in [1.54, 1.807) is 0 Å². The molecule has 1 rings (SSSR count). The second-order valence-electron chi connectivity index (χ2n) is 6.24. The monoisotopic (exact) mass is 275 g/mol. The molecule has 0 amide bonds. The average molecular weight is 275 g/mol. The Balaban J connectivity index is 2.65. The van der Waals surface area contributed by atoms with Gasteiger partial charge in [0.1, 0.15) is 22.3 Å². The molecule has 0 bridgehead atoms. The van der Waals surface area contributed by atoms with Crippen LogP contribution in [0.1, 0.15) is 41.0 Å². The fourth-order valence-corrected chi connectivity index (χ4v) is 5.21. The molecule has 18 heavy (non-hydrogen) atoms. The van der Waals surface area contributed by atoms with Gasteiger partial charge in [-0.2, -0.15) is 0 Å². The van der Waals surface area contributed by atoms with Gasteiger partial charge in [0.15, 0.2) is 0 Å². The molecule has 1 fully saturated rings. The standard InChI is InChI=1S/C13H28BFNOP/c1-8(2)16(9(3)4)18(6)17-13-10(5)7-11(14)12(13)15/h8-13H,7,14H2,1-6H3/t10-,11+,12+,13+,18?/m0/s1. The van der Waals surface area contributed by atoms with E-state index in [-0.39, 0.29) is 11.9 Å². The van der Waals surface area contributed by atoms with Crippen LogP contribution in [-0.4, -0.2) is 43.5 Å². The Hall–Kier alpha value is 0.345. The fourth-order valence-electron chi connectivity index (χ4n) is 3.13. The van der Waals surface area contributed by atoms with Crippen molar-refractivity contribution in [2.75, 3.05) is 6.66 Å². The van der Waals surface area contributed by atoms with Gasteiger partial charge in [-0.1, -0.05) is 6.92 Å². The van der Waals surface area contributed by atoms with Crippen molar-refractivity contribution >= 4 is 16.1 Å². The van der Waals surface area contributed by atoms with Gasteiger partial charge in [-0.15, -0.1) is 0 Å². The second-order valence-corrected chi connectivity index (χ2v) is 7.84. The van der Waals surface area contributed by atoms with Crippen molar-refractivity contribution in [1.29, 1.82) is 0 Å². The predicted octanol–water partition coefficient (Wildman–Crippen LogP) is 3.23. The van der Waals surface area contributed by atoms with Crippen molar-refractivity contribution < 1.29 is 8.91 Å². The maximum Gasteiger partial charge on any atom is 0.123 e. The molecule has 1 aliphatic rings. The van der Waals surface area contributed by atoms with Crippen LogP contribution >= 0.6 is 8.30 Å². The highest BCUT2D eigenvalue weighted by atomic mass is 31.2. The third kappa shape index (κ3) is 3.68. The topological polar surface area (TPSA) is 12.5 Å². The average Bonchev–Trinajstić information content (AvgIpc) is 2.44. The normalized spacial score (nSPS) is 34.8. The number of alkyl halides is 1. The molecule has 5 atom stereocenters. The summed E-state index contributed by atoms with van der Waals surface area (Å²) in [5.41, 5.74) is 0. The van der Waals surface area contributed by atoms with Crippen molar-refractivity contribution in [2.45, 2.75) is 71.2 Å². The van der Waals surface area contributed by atoms with Gasteiger partial charge in [0.2, 0.25) is 0 Å². The Morgan fingerprint density at radius 1 is 1.28 bits per heavy atom. The van der Waals surface area contributed by atoms with Crippen LogP contribution in [0.15, 0.2) is 0 Å². The van der Waals surface area contributed by atoms with Crippen LogP contribution < -0.4 is 0 Å². The van der Waals surface area contributed by atoms with Gasteiger partial charge >= 0.3 is 0 Å². The molecule has 0 spiro atoms. The Labute approximate surface area is 114 Å². The van der Waals surface area contributed by atoms with Crippen molar-refractivity contribution in [2.24, 2.45) is 5.92 Å². The van der Waals surface area contributed by atoms with E-state index in [2.05, 4.69) is 46.0 Å².